The number of aliphatic hydroxyl groups is 1. The summed E-state index contributed by atoms with van der Waals surface area (Å²) in [5, 5.41) is 11.4. The molecule has 1 atom stereocenters. The number of benzene rings is 1. The Labute approximate surface area is 114 Å². The number of nitrogens with zero attached hydrogens (tertiary/aromatic N) is 2. The summed E-state index contributed by atoms with van der Waals surface area (Å²) in [5.74, 6) is 0. The molecule has 98 valence electrons. The third kappa shape index (κ3) is 1.72. The summed E-state index contributed by atoms with van der Waals surface area (Å²) in [6.07, 6.45) is 0.186. The van der Waals surface area contributed by atoms with Crippen LogP contribution in [0.1, 0.15) is 18.2 Å². The number of rotatable bonds is 3. The lowest BCUT2D eigenvalue weighted by atomic mass is 10.1. The number of carbonyl (C=O) groups is 1. The second-order valence-electron chi connectivity index (χ2n) is 4.37. The van der Waals surface area contributed by atoms with Gasteiger partial charge in [0.05, 0.1) is 18.3 Å². The van der Waals surface area contributed by atoms with Gasteiger partial charge in [0.25, 0.3) is 0 Å². The SMILES string of the molecule is CON1C(=O)n2c(cc3ccccc32)C1CC(O)=S. The van der Waals surface area contributed by atoms with Gasteiger partial charge in [-0.1, -0.05) is 18.2 Å². The summed E-state index contributed by atoms with van der Waals surface area (Å²) >= 11 is 4.73. The Kier molecular flexibility index (Phi) is 2.76. The molecule has 0 spiro atoms. The van der Waals surface area contributed by atoms with E-state index in [0.29, 0.717) is 0 Å². The Morgan fingerprint density at radius 1 is 1.47 bits per heavy atom. The number of hydrogen-bond donors (Lipinski definition) is 1. The standard InChI is InChI=1S/C13H12N2O3S/c1-18-15-11(7-12(16)19)10-6-8-4-2-3-5-9(8)14(10)13(15)17/h2-6,11H,7H2,1H3,(H,16,19). The molecule has 19 heavy (non-hydrogen) atoms. The van der Waals surface area contributed by atoms with Gasteiger partial charge in [0.1, 0.15) is 6.04 Å². The van der Waals surface area contributed by atoms with Crippen molar-refractivity contribution in [3.8, 4) is 0 Å². The summed E-state index contributed by atoms with van der Waals surface area (Å²) in [5.41, 5.74) is 1.61. The smallest absolute Gasteiger partial charge is 0.353 e. The number of carbonyl (C=O) groups excluding carboxylic acids is 1. The molecule has 0 saturated carbocycles. The zero-order valence-corrected chi connectivity index (χ0v) is 11.1. The van der Waals surface area contributed by atoms with Gasteiger partial charge in [0, 0.05) is 11.8 Å². The average molecular weight is 276 g/mol. The molecule has 1 aliphatic rings. The first-order valence-corrected chi connectivity index (χ1v) is 6.24. The lowest BCUT2D eigenvalue weighted by Crippen LogP contribution is -2.29. The molecule has 1 aromatic heterocycles. The van der Waals surface area contributed by atoms with Gasteiger partial charge < -0.3 is 5.11 Å². The fourth-order valence-electron chi connectivity index (χ4n) is 2.55. The maximum Gasteiger partial charge on any atom is 0.353 e. The van der Waals surface area contributed by atoms with Crippen molar-refractivity contribution < 1.29 is 14.7 Å². The van der Waals surface area contributed by atoms with E-state index in [9.17, 15) is 9.90 Å². The van der Waals surface area contributed by atoms with Gasteiger partial charge >= 0.3 is 6.03 Å². The minimum absolute atomic E-state index is 0.140. The quantitative estimate of drug-likeness (QED) is 0.876. The van der Waals surface area contributed by atoms with Crippen LogP contribution in [0.15, 0.2) is 30.3 Å². The van der Waals surface area contributed by atoms with Crippen molar-refractivity contribution >= 4 is 34.2 Å². The summed E-state index contributed by atoms with van der Waals surface area (Å²) in [6, 6.07) is 8.90. The van der Waals surface area contributed by atoms with Crippen molar-refractivity contribution in [2.45, 2.75) is 12.5 Å². The summed E-state index contributed by atoms with van der Waals surface area (Å²) in [6.45, 7) is 0. The predicted octanol–water partition coefficient (Wildman–Crippen LogP) is 2.80. The molecule has 0 radical (unpaired) electrons. The van der Waals surface area contributed by atoms with E-state index in [4.69, 9.17) is 17.1 Å². The van der Waals surface area contributed by atoms with E-state index >= 15 is 0 Å². The highest BCUT2D eigenvalue weighted by Gasteiger charge is 2.39. The largest absolute Gasteiger partial charge is 0.502 e. The molecule has 0 bridgehead atoms. The Morgan fingerprint density at radius 2 is 2.21 bits per heavy atom. The van der Waals surface area contributed by atoms with Crippen molar-refractivity contribution in [2.75, 3.05) is 7.11 Å². The second-order valence-corrected chi connectivity index (χ2v) is 4.84. The van der Waals surface area contributed by atoms with Crippen LogP contribution in [0.3, 0.4) is 0 Å². The van der Waals surface area contributed by atoms with E-state index in [1.54, 1.807) is 4.57 Å². The predicted molar refractivity (Wildman–Crippen MR) is 74.2 cm³/mol. The van der Waals surface area contributed by atoms with E-state index in [1.807, 2.05) is 30.3 Å². The van der Waals surface area contributed by atoms with Crippen LogP contribution in [-0.2, 0) is 4.84 Å². The van der Waals surface area contributed by atoms with Crippen LogP contribution in [0.2, 0.25) is 0 Å². The van der Waals surface area contributed by atoms with Crippen molar-refractivity contribution in [1.82, 2.24) is 9.63 Å². The van der Waals surface area contributed by atoms with Gasteiger partial charge in [-0.05, 0) is 24.4 Å². The van der Waals surface area contributed by atoms with E-state index in [1.165, 1.54) is 12.2 Å². The normalized spacial score (nSPS) is 18.1. The van der Waals surface area contributed by atoms with Crippen LogP contribution in [-0.4, -0.2) is 32.9 Å². The molecule has 1 unspecified atom stereocenters. The van der Waals surface area contributed by atoms with Crippen LogP contribution < -0.4 is 0 Å². The second kappa shape index (κ2) is 4.32. The van der Waals surface area contributed by atoms with E-state index in [-0.39, 0.29) is 23.5 Å². The summed E-state index contributed by atoms with van der Waals surface area (Å²) < 4.78 is 1.60. The number of para-hydroxylation sites is 1. The van der Waals surface area contributed by atoms with Gasteiger partial charge in [-0.3, -0.25) is 9.40 Å². The fourth-order valence-corrected chi connectivity index (χ4v) is 2.70. The molecular formula is C13H12N2O3S. The summed E-state index contributed by atoms with van der Waals surface area (Å²) in [7, 11) is 1.43. The molecule has 1 aromatic carbocycles. The first-order valence-electron chi connectivity index (χ1n) is 5.83. The third-order valence-electron chi connectivity index (χ3n) is 3.31. The molecule has 6 heteroatoms. The molecule has 2 aromatic rings. The highest BCUT2D eigenvalue weighted by molar-refractivity contribution is 7.80. The minimum atomic E-state index is -0.387. The molecule has 1 amide bonds. The lowest BCUT2D eigenvalue weighted by molar-refractivity contribution is -0.106. The van der Waals surface area contributed by atoms with Crippen molar-refractivity contribution in [1.29, 1.82) is 0 Å². The molecule has 1 N–H and O–H groups in total. The molecular weight excluding hydrogens is 264 g/mol. The van der Waals surface area contributed by atoms with E-state index in [2.05, 4.69) is 0 Å². The molecule has 0 fully saturated rings. The maximum atomic E-state index is 12.3. The Bertz CT molecular complexity index is 680. The highest BCUT2D eigenvalue weighted by atomic mass is 32.1. The zero-order valence-electron chi connectivity index (χ0n) is 10.2. The monoisotopic (exact) mass is 276 g/mol. The number of thiocarbonyl (C=S) groups is 1. The Balaban J connectivity index is 2.19. The van der Waals surface area contributed by atoms with Crippen molar-refractivity contribution in [3.05, 3.63) is 36.0 Å². The van der Waals surface area contributed by atoms with Gasteiger partial charge in [-0.15, -0.1) is 0 Å². The van der Waals surface area contributed by atoms with Crippen molar-refractivity contribution in [2.24, 2.45) is 0 Å². The van der Waals surface area contributed by atoms with Crippen LogP contribution >= 0.6 is 12.2 Å². The van der Waals surface area contributed by atoms with Gasteiger partial charge in [0.15, 0.2) is 5.05 Å². The van der Waals surface area contributed by atoms with Crippen LogP contribution in [0, 0.1) is 0 Å². The number of hydrogen-bond acceptors (Lipinski definition) is 3. The average Bonchev–Trinajstić information content (AvgIpc) is 2.86. The minimum Gasteiger partial charge on any atom is -0.502 e. The topological polar surface area (TPSA) is 54.7 Å². The van der Waals surface area contributed by atoms with Crippen molar-refractivity contribution in [3.63, 3.8) is 0 Å². The van der Waals surface area contributed by atoms with Crippen LogP contribution in [0.5, 0.6) is 0 Å². The lowest BCUT2D eigenvalue weighted by Gasteiger charge is -2.20. The fraction of sp³-hybridized carbons (Fsp3) is 0.231. The molecule has 0 aliphatic carbocycles. The summed E-state index contributed by atoms with van der Waals surface area (Å²) in [4.78, 5) is 17.5. The van der Waals surface area contributed by atoms with E-state index in [0.717, 1.165) is 16.6 Å². The Hall–Kier alpha value is -1.92. The third-order valence-corrected chi connectivity index (χ3v) is 3.47. The molecule has 1 aliphatic heterocycles. The molecule has 2 heterocycles. The van der Waals surface area contributed by atoms with Gasteiger partial charge in [0.2, 0.25) is 0 Å². The number of hydroxylamine groups is 2. The van der Waals surface area contributed by atoms with E-state index < -0.39 is 0 Å². The zero-order chi connectivity index (χ0) is 13.6. The first-order chi connectivity index (χ1) is 9.13. The highest BCUT2D eigenvalue weighted by Crippen LogP contribution is 2.36. The number of aliphatic hydroxyl groups excluding tert-OH is 1. The first kappa shape index (κ1) is 12.1. The molecule has 0 saturated heterocycles. The number of aromatic nitrogens is 1. The number of fused-ring (bicyclic) bond motifs is 3. The van der Waals surface area contributed by atoms with Crippen LogP contribution in [0.25, 0.3) is 10.9 Å². The van der Waals surface area contributed by atoms with Crippen LogP contribution in [0.4, 0.5) is 4.79 Å². The van der Waals surface area contributed by atoms with Gasteiger partial charge in [-0.2, -0.15) is 5.06 Å². The molecule has 5 nitrogen and oxygen atoms in total. The molecule has 3 rings (SSSR count). The van der Waals surface area contributed by atoms with Gasteiger partial charge in [-0.25, -0.2) is 4.79 Å². The maximum absolute atomic E-state index is 12.3. The number of amides is 1. The Morgan fingerprint density at radius 3 is 2.89 bits per heavy atom.